The van der Waals surface area contributed by atoms with Crippen LogP contribution in [0.25, 0.3) is 0 Å². The van der Waals surface area contributed by atoms with Crippen molar-refractivity contribution in [2.45, 2.75) is 51.6 Å². The Morgan fingerprint density at radius 2 is 1.85 bits per heavy atom. The summed E-state index contributed by atoms with van der Waals surface area (Å²) in [5.74, 6) is -0.648. The standard InChI is InChI=1S/C18H20BrF3N2O3/c1-9-14-11-7-10(19)8-12(18(20,21)22)13(11)15(25)24(14)6-5-23(9)16(26)27-17(2,3)4/h7-9,14H,5-6H2,1-4H3/t9?,14-/m1/s1. The second kappa shape index (κ2) is 6.39. The van der Waals surface area contributed by atoms with Gasteiger partial charge in [0, 0.05) is 17.6 Å². The van der Waals surface area contributed by atoms with Gasteiger partial charge in [0.05, 0.1) is 23.2 Å². The van der Waals surface area contributed by atoms with Crippen LogP contribution in [0.3, 0.4) is 0 Å². The number of hydrogen-bond donors (Lipinski definition) is 0. The zero-order valence-electron chi connectivity index (χ0n) is 15.4. The Labute approximate surface area is 163 Å². The molecule has 1 fully saturated rings. The summed E-state index contributed by atoms with van der Waals surface area (Å²) in [5, 5.41) is 0. The lowest BCUT2D eigenvalue weighted by Gasteiger charge is -2.43. The van der Waals surface area contributed by atoms with Gasteiger partial charge in [-0.05, 0) is 45.4 Å². The van der Waals surface area contributed by atoms with E-state index in [1.807, 2.05) is 0 Å². The van der Waals surface area contributed by atoms with Crippen molar-refractivity contribution in [3.8, 4) is 0 Å². The Balaban J connectivity index is 2.03. The number of amides is 2. The van der Waals surface area contributed by atoms with E-state index in [1.165, 1.54) is 15.9 Å². The zero-order chi connectivity index (χ0) is 20.3. The second-order valence-electron chi connectivity index (χ2n) is 7.77. The Bertz CT molecular complexity index is 804. The smallest absolute Gasteiger partial charge is 0.417 e. The molecule has 1 aromatic rings. The fourth-order valence-corrected chi connectivity index (χ4v) is 4.17. The lowest BCUT2D eigenvalue weighted by atomic mass is 9.94. The summed E-state index contributed by atoms with van der Waals surface area (Å²) < 4.78 is 46.1. The molecule has 1 aromatic carbocycles. The Morgan fingerprint density at radius 3 is 2.41 bits per heavy atom. The average Bonchev–Trinajstić information content (AvgIpc) is 2.77. The first-order valence-corrected chi connectivity index (χ1v) is 9.32. The van der Waals surface area contributed by atoms with E-state index in [1.54, 1.807) is 27.7 Å². The molecule has 2 amide bonds. The van der Waals surface area contributed by atoms with Crippen LogP contribution in [-0.2, 0) is 10.9 Å². The van der Waals surface area contributed by atoms with Crippen LogP contribution in [0, 0.1) is 0 Å². The van der Waals surface area contributed by atoms with Gasteiger partial charge in [0.2, 0.25) is 0 Å². The molecule has 2 aliphatic heterocycles. The van der Waals surface area contributed by atoms with Crippen LogP contribution in [0.15, 0.2) is 16.6 Å². The van der Waals surface area contributed by atoms with Gasteiger partial charge < -0.3 is 14.5 Å². The number of piperazine rings is 1. The van der Waals surface area contributed by atoms with Crippen LogP contribution in [0.4, 0.5) is 18.0 Å². The first kappa shape index (κ1) is 20.0. The third kappa shape index (κ3) is 3.53. The lowest BCUT2D eigenvalue weighted by Crippen LogP contribution is -2.55. The van der Waals surface area contributed by atoms with Crippen molar-refractivity contribution in [2.75, 3.05) is 13.1 Å². The normalized spacial score (nSPS) is 22.6. The van der Waals surface area contributed by atoms with Crippen LogP contribution < -0.4 is 0 Å². The quantitative estimate of drug-likeness (QED) is 0.582. The fourth-order valence-electron chi connectivity index (χ4n) is 3.69. The first-order chi connectivity index (χ1) is 12.3. The Hall–Kier alpha value is -1.77. The van der Waals surface area contributed by atoms with Gasteiger partial charge in [-0.15, -0.1) is 0 Å². The van der Waals surface area contributed by atoms with Crippen LogP contribution in [0.5, 0.6) is 0 Å². The summed E-state index contributed by atoms with van der Waals surface area (Å²) >= 11 is 3.11. The van der Waals surface area contributed by atoms with Crippen LogP contribution in [0.2, 0.25) is 0 Å². The van der Waals surface area contributed by atoms with Gasteiger partial charge in [0.15, 0.2) is 0 Å². The summed E-state index contributed by atoms with van der Waals surface area (Å²) in [4.78, 5) is 28.1. The van der Waals surface area contributed by atoms with E-state index in [0.717, 1.165) is 6.07 Å². The second-order valence-corrected chi connectivity index (χ2v) is 8.69. The van der Waals surface area contributed by atoms with Crippen molar-refractivity contribution in [1.82, 2.24) is 9.80 Å². The number of ether oxygens (including phenoxy) is 1. The van der Waals surface area contributed by atoms with Crippen molar-refractivity contribution in [3.63, 3.8) is 0 Å². The summed E-state index contributed by atoms with van der Waals surface area (Å²) in [7, 11) is 0. The minimum atomic E-state index is -4.65. The molecule has 0 N–H and O–H groups in total. The van der Waals surface area contributed by atoms with Crippen LogP contribution >= 0.6 is 15.9 Å². The molecule has 1 saturated heterocycles. The van der Waals surface area contributed by atoms with E-state index in [4.69, 9.17) is 4.74 Å². The molecule has 2 aliphatic rings. The maximum absolute atomic E-state index is 13.5. The van der Waals surface area contributed by atoms with Gasteiger partial charge in [-0.1, -0.05) is 15.9 Å². The highest BCUT2D eigenvalue weighted by molar-refractivity contribution is 9.10. The molecule has 0 aromatic heterocycles. The number of carbonyl (C=O) groups is 2. The number of nitrogens with zero attached hydrogens (tertiary/aromatic N) is 2. The number of carbonyl (C=O) groups excluding carboxylic acids is 2. The lowest BCUT2D eigenvalue weighted by molar-refractivity contribution is -0.138. The van der Waals surface area contributed by atoms with Crippen molar-refractivity contribution < 1.29 is 27.5 Å². The first-order valence-electron chi connectivity index (χ1n) is 8.52. The Morgan fingerprint density at radius 1 is 1.22 bits per heavy atom. The van der Waals surface area contributed by atoms with Gasteiger partial charge in [-0.2, -0.15) is 13.2 Å². The van der Waals surface area contributed by atoms with Gasteiger partial charge in [0.1, 0.15) is 5.60 Å². The maximum Gasteiger partial charge on any atom is 0.417 e. The molecule has 9 heteroatoms. The van der Waals surface area contributed by atoms with E-state index in [0.29, 0.717) is 0 Å². The van der Waals surface area contributed by atoms with E-state index >= 15 is 0 Å². The third-order valence-electron chi connectivity index (χ3n) is 4.73. The molecule has 27 heavy (non-hydrogen) atoms. The van der Waals surface area contributed by atoms with E-state index < -0.39 is 41.4 Å². The van der Waals surface area contributed by atoms with Crippen molar-refractivity contribution >= 4 is 27.9 Å². The van der Waals surface area contributed by atoms with Crippen molar-refractivity contribution in [3.05, 3.63) is 33.3 Å². The van der Waals surface area contributed by atoms with Crippen molar-refractivity contribution in [2.24, 2.45) is 0 Å². The minimum Gasteiger partial charge on any atom is -0.444 e. The van der Waals surface area contributed by atoms with E-state index in [-0.39, 0.29) is 28.7 Å². The molecule has 0 saturated carbocycles. The highest BCUT2D eigenvalue weighted by Gasteiger charge is 2.50. The average molecular weight is 449 g/mol. The number of halogens is 4. The molecular formula is C18H20BrF3N2O3. The zero-order valence-corrected chi connectivity index (χ0v) is 16.9. The summed E-state index contributed by atoms with van der Waals surface area (Å²) in [6.07, 6.45) is -5.19. The van der Waals surface area contributed by atoms with E-state index in [9.17, 15) is 22.8 Å². The monoisotopic (exact) mass is 448 g/mol. The molecule has 2 heterocycles. The van der Waals surface area contributed by atoms with Crippen LogP contribution in [0.1, 0.15) is 55.2 Å². The Kier molecular flexibility index (Phi) is 4.73. The molecule has 3 rings (SSSR count). The number of benzene rings is 1. The van der Waals surface area contributed by atoms with Gasteiger partial charge in [0.25, 0.3) is 5.91 Å². The number of rotatable bonds is 0. The molecule has 5 nitrogen and oxygen atoms in total. The molecule has 0 radical (unpaired) electrons. The van der Waals surface area contributed by atoms with Crippen LogP contribution in [-0.4, -0.2) is 46.5 Å². The highest BCUT2D eigenvalue weighted by atomic mass is 79.9. The molecule has 148 valence electrons. The predicted octanol–water partition coefficient (Wildman–Crippen LogP) is 4.60. The van der Waals surface area contributed by atoms with Gasteiger partial charge in [-0.3, -0.25) is 4.79 Å². The molecule has 2 atom stereocenters. The van der Waals surface area contributed by atoms with Gasteiger partial charge >= 0.3 is 12.3 Å². The molecule has 0 bridgehead atoms. The number of fused-ring (bicyclic) bond motifs is 3. The number of hydrogen-bond acceptors (Lipinski definition) is 3. The third-order valence-corrected chi connectivity index (χ3v) is 5.18. The van der Waals surface area contributed by atoms with Crippen molar-refractivity contribution in [1.29, 1.82) is 0 Å². The molecule has 0 spiro atoms. The summed E-state index contributed by atoms with van der Waals surface area (Å²) in [5.41, 5.74) is -1.69. The highest BCUT2D eigenvalue weighted by Crippen LogP contribution is 2.46. The maximum atomic E-state index is 13.5. The summed E-state index contributed by atoms with van der Waals surface area (Å²) in [6, 6.07) is 1.29. The molecular weight excluding hydrogens is 429 g/mol. The molecule has 1 unspecified atom stereocenters. The van der Waals surface area contributed by atoms with E-state index in [2.05, 4.69) is 15.9 Å². The van der Waals surface area contributed by atoms with Gasteiger partial charge in [-0.25, -0.2) is 4.79 Å². The molecule has 0 aliphatic carbocycles. The fraction of sp³-hybridized carbons (Fsp3) is 0.556. The topological polar surface area (TPSA) is 49.9 Å². The summed E-state index contributed by atoms with van der Waals surface area (Å²) in [6.45, 7) is 7.30. The largest absolute Gasteiger partial charge is 0.444 e. The minimum absolute atomic E-state index is 0.149. The SMILES string of the molecule is CC1[C@@H]2c3cc(Br)cc(C(F)(F)F)c3C(=O)N2CCN1C(=O)OC(C)(C)C. The number of alkyl halides is 3. The predicted molar refractivity (Wildman–Crippen MR) is 95.3 cm³/mol.